The van der Waals surface area contributed by atoms with Crippen LogP contribution in [0.3, 0.4) is 0 Å². The van der Waals surface area contributed by atoms with E-state index in [1.54, 1.807) is 6.92 Å². The molecule has 0 aromatic heterocycles. The van der Waals surface area contributed by atoms with Crippen LogP contribution >= 0.6 is 0 Å². The van der Waals surface area contributed by atoms with Gasteiger partial charge in [0.2, 0.25) is 0 Å². The zero-order chi connectivity index (χ0) is 11.6. The van der Waals surface area contributed by atoms with E-state index in [4.69, 9.17) is 5.11 Å². The average molecular weight is 210 g/mol. The molecule has 1 aliphatic rings. The number of hydrogen-bond donors (Lipinski definition) is 1. The van der Waals surface area contributed by atoms with Crippen LogP contribution in [-0.4, -0.2) is 11.1 Å². The topological polar surface area (TPSA) is 37.3 Å². The maximum absolute atomic E-state index is 10.8. The molecule has 1 fully saturated rings. The summed E-state index contributed by atoms with van der Waals surface area (Å²) < 4.78 is 0. The minimum Gasteiger partial charge on any atom is -0.478 e. The molecule has 1 saturated carbocycles. The predicted octanol–water partition coefficient (Wildman–Crippen LogP) is 3.48. The lowest BCUT2D eigenvalue weighted by atomic mass is 9.65. The van der Waals surface area contributed by atoms with Crippen molar-refractivity contribution in [3.05, 3.63) is 11.6 Å². The van der Waals surface area contributed by atoms with Crippen molar-refractivity contribution in [3.8, 4) is 0 Å². The minimum absolute atomic E-state index is 0.253. The summed E-state index contributed by atoms with van der Waals surface area (Å²) in [6.07, 6.45) is 5.54. The van der Waals surface area contributed by atoms with Gasteiger partial charge in [0.05, 0.1) is 0 Å². The highest BCUT2D eigenvalue weighted by atomic mass is 16.4. The van der Waals surface area contributed by atoms with Crippen LogP contribution in [0.2, 0.25) is 0 Å². The fraction of sp³-hybridized carbons (Fsp3) is 0.769. The van der Waals surface area contributed by atoms with Gasteiger partial charge in [0, 0.05) is 5.57 Å². The van der Waals surface area contributed by atoms with Crippen LogP contribution in [0, 0.1) is 17.3 Å². The number of carboxylic acid groups (broad SMARTS) is 1. The van der Waals surface area contributed by atoms with E-state index in [2.05, 4.69) is 20.8 Å². The summed E-state index contributed by atoms with van der Waals surface area (Å²) in [5, 5.41) is 8.88. The maximum atomic E-state index is 10.8. The first-order chi connectivity index (χ1) is 6.83. The second-order valence-corrected chi connectivity index (χ2v) is 5.63. The van der Waals surface area contributed by atoms with Crippen molar-refractivity contribution in [3.63, 3.8) is 0 Å². The molecule has 86 valence electrons. The fourth-order valence-corrected chi connectivity index (χ4v) is 2.34. The Labute approximate surface area is 92.4 Å². The highest BCUT2D eigenvalue weighted by molar-refractivity contribution is 5.85. The van der Waals surface area contributed by atoms with E-state index in [0.29, 0.717) is 11.5 Å². The summed E-state index contributed by atoms with van der Waals surface area (Å²) in [5.74, 6) is 0.349. The Hall–Kier alpha value is -0.790. The summed E-state index contributed by atoms with van der Waals surface area (Å²) in [5.41, 5.74) is 0.741. The first kappa shape index (κ1) is 12.3. The molecule has 1 rings (SSSR count). The van der Waals surface area contributed by atoms with Crippen molar-refractivity contribution in [2.45, 2.75) is 47.0 Å². The molecule has 0 bridgehead atoms. The Kier molecular flexibility index (Phi) is 3.58. The number of rotatable bonds is 2. The molecule has 2 nitrogen and oxygen atoms in total. The van der Waals surface area contributed by atoms with Gasteiger partial charge in [-0.05, 0) is 37.0 Å². The lowest BCUT2D eigenvalue weighted by molar-refractivity contribution is -0.132. The standard InChI is InChI=1S/C13H22O2/c1-9-5-6-13(3,4)11(7-9)8-10(2)12(14)15/h8-9,11H,5-7H2,1-4H3,(H,14,15)/b10-8+. The second kappa shape index (κ2) is 4.38. The van der Waals surface area contributed by atoms with Crippen LogP contribution in [0.1, 0.15) is 47.0 Å². The van der Waals surface area contributed by atoms with E-state index < -0.39 is 5.97 Å². The predicted molar refractivity (Wildman–Crippen MR) is 61.7 cm³/mol. The highest BCUT2D eigenvalue weighted by Gasteiger charge is 2.33. The third-order valence-electron chi connectivity index (χ3n) is 3.73. The van der Waals surface area contributed by atoms with Crippen LogP contribution in [-0.2, 0) is 4.79 Å². The fourth-order valence-electron chi connectivity index (χ4n) is 2.34. The van der Waals surface area contributed by atoms with Gasteiger partial charge in [-0.2, -0.15) is 0 Å². The third-order valence-corrected chi connectivity index (χ3v) is 3.73. The SMILES string of the molecule is C/C(=C\C1CC(C)CCC1(C)C)C(=O)O. The monoisotopic (exact) mass is 210 g/mol. The lowest BCUT2D eigenvalue weighted by Crippen LogP contribution is -2.30. The van der Waals surface area contributed by atoms with Gasteiger partial charge in [0.1, 0.15) is 0 Å². The molecule has 2 heteroatoms. The molecule has 0 heterocycles. The molecule has 1 N–H and O–H groups in total. The van der Waals surface area contributed by atoms with E-state index in [1.165, 1.54) is 12.8 Å². The zero-order valence-corrected chi connectivity index (χ0v) is 10.2. The number of allylic oxidation sites excluding steroid dienone is 1. The van der Waals surface area contributed by atoms with Gasteiger partial charge in [0.25, 0.3) is 0 Å². The first-order valence-electron chi connectivity index (χ1n) is 5.74. The number of hydrogen-bond acceptors (Lipinski definition) is 1. The summed E-state index contributed by atoms with van der Waals surface area (Å²) in [7, 11) is 0. The molecule has 2 unspecified atom stereocenters. The molecule has 0 aromatic carbocycles. The Morgan fingerprint density at radius 3 is 2.60 bits per heavy atom. The number of aliphatic carboxylic acids is 1. The van der Waals surface area contributed by atoms with Crippen LogP contribution in [0.15, 0.2) is 11.6 Å². The Balaban J connectivity index is 2.81. The van der Waals surface area contributed by atoms with Crippen molar-refractivity contribution < 1.29 is 9.90 Å². The zero-order valence-electron chi connectivity index (χ0n) is 10.2. The largest absolute Gasteiger partial charge is 0.478 e. The van der Waals surface area contributed by atoms with Gasteiger partial charge in [-0.15, -0.1) is 0 Å². The van der Waals surface area contributed by atoms with Crippen molar-refractivity contribution in [1.82, 2.24) is 0 Å². The number of carboxylic acids is 1. The molecule has 0 aromatic rings. The van der Waals surface area contributed by atoms with E-state index in [0.717, 1.165) is 12.3 Å². The van der Waals surface area contributed by atoms with Gasteiger partial charge in [-0.1, -0.05) is 33.3 Å². The Morgan fingerprint density at radius 1 is 1.47 bits per heavy atom. The van der Waals surface area contributed by atoms with Gasteiger partial charge in [-0.25, -0.2) is 4.79 Å². The van der Waals surface area contributed by atoms with E-state index in [1.807, 2.05) is 6.08 Å². The minimum atomic E-state index is -0.788. The van der Waals surface area contributed by atoms with Gasteiger partial charge in [0.15, 0.2) is 0 Å². The normalized spacial score (nSPS) is 31.3. The van der Waals surface area contributed by atoms with Crippen LogP contribution in [0.5, 0.6) is 0 Å². The number of carbonyl (C=O) groups is 1. The molecule has 0 spiro atoms. The molecular weight excluding hydrogens is 188 g/mol. The van der Waals surface area contributed by atoms with Crippen LogP contribution in [0.4, 0.5) is 0 Å². The summed E-state index contributed by atoms with van der Waals surface area (Å²) >= 11 is 0. The third kappa shape index (κ3) is 3.08. The van der Waals surface area contributed by atoms with Crippen molar-refractivity contribution in [2.24, 2.45) is 17.3 Å². The van der Waals surface area contributed by atoms with Gasteiger partial charge in [-0.3, -0.25) is 0 Å². The molecule has 0 radical (unpaired) electrons. The molecule has 1 aliphatic carbocycles. The summed E-state index contributed by atoms with van der Waals surface area (Å²) in [6, 6.07) is 0. The molecule has 15 heavy (non-hydrogen) atoms. The molecular formula is C13H22O2. The lowest BCUT2D eigenvalue weighted by Gasteiger charge is -2.40. The van der Waals surface area contributed by atoms with Crippen molar-refractivity contribution in [2.75, 3.05) is 0 Å². The van der Waals surface area contributed by atoms with Crippen LogP contribution in [0.25, 0.3) is 0 Å². The molecule has 0 saturated heterocycles. The Bertz CT molecular complexity index is 276. The highest BCUT2D eigenvalue weighted by Crippen LogP contribution is 2.43. The Morgan fingerprint density at radius 2 is 2.07 bits per heavy atom. The summed E-state index contributed by atoms with van der Waals surface area (Å²) in [4.78, 5) is 10.8. The van der Waals surface area contributed by atoms with Gasteiger partial charge >= 0.3 is 5.97 Å². The van der Waals surface area contributed by atoms with Crippen LogP contribution < -0.4 is 0 Å². The smallest absolute Gasteiger partial charge is 0.330 e. The van der Waals surface area contributed by atoms with Gasteiger partial charge < -0.3 is 5.11 Å². The van der Waals surface area contributed by atoms with Crippen molar-refractivity contribution >= 4 is 5.97 Å². The molecule has 0 aliphatic heterocycles. The van der Waals surface area contributed by atoms with E-state index in [9.17, 15) is 4.79 Å². The quantitative estimate of drug-likeness (QED) is 0.708. The summed E-state index contributed by atoms with van der Waals surface area (Å²) in [6.45, 7) is 8.44. The van der Waals surface area contributed by atoms with Crippen molar-refractivity contribution in [1.29, 1.82) is 0 Å². The second-order valence-electron chi connectivity index (χ2n) is 5.63. The average Bonchev–Trinajstić information content (AvgIpc) is 2.11. The van der Waals surface area contributed by atoms with E-state index in [-0.39, 0.29) is 5.41 Å². The van der Waals surface area contributed by atoms with E-state index >= 15 is 0 Å². The maximum Gasteiger partial charge on any atom is 0.330 e. The first-order valence-corrected chi connectivity index (χ1v) is 5.74. The molecule has 0 amide bonds. The molecule has 2 atom stereocenters.